The summed E-state index contributed by atoms with van der Waals surface area (Å²) in [6.07, 6.45) is 3.13. The largest absolute Gasteiger partial charge is 0.377 e. The van der Waals surface area contributed by atoms with Crippen molar-refractivity contribution in [2.45, 2.75) is 6.54 Å². The molecule has 0 spiro atoms. The van der Waals surface area contributed by atoms with Crippen LogP contribution in [0, 0.1) is 0 Å². The molecule has 82 valence electrons. The predicted octanol–water partition coefficient (Wildman–Crippen LogP) is 0.934. The van der Waals surface area contributed by atoms with Crippen LogP contribution in [-0.4, -0.2) is 20.4 Å². The molecule has 0 aliphatic heterocycles. The second-order valence-corrected chi connectivity index (χ2v) is 3.79. The predicted molar refractivity (Wildman–Crippen MR) is 61.9 cm³/mol. The number of rotatable bonds is 3. The van der Waals surface area contributed by atoms with Crippen LogP contribution in [0.15, 0.2) is 33.8 Å². The van der Waals surface area contributed by atoms with Gasteiger partial charge in [0.1, 0.15) is 4.47 Å². The van der Waals surface area contributed by atoms with Gasteiger partial charge in [-0.25, -0.2) is 5.10 Å². The lowest BCUT2D eigenvalue weighted by molar-refractivity contribution is 0.916. The first kappa shape index (κ1) is 10.7. The number of aromatic amines is 1. The summed E-state index contributed by atoms with van der Waals surface area (Å²) in [4.78, 5) is 11.2. The first-order valence-electron chi connectivity index (χ1n) is 4.51. The van der Waals surface area contributed by atoms with Crippen molar-refractivity contribution in [1.82, 2.24) is 20.4 Å². The van der Waals surface area contributed by atoms with Gasteiger partial charge in [-0.1, -0.05) is 0 Å². The highest BCUT2D eigenvalue weighted by Crippen LogP contribution is 2.15. The van der Waals surface area contributed by atoms with Gasteiger partial charge >= 0.3 is 0 Å². The number of hydrogen-bond donors (Lipinski definition) is 2. The molecule has 0 bridgehead atoms. The zero-order valence-corrected chi connectivity index (χ0v) is 9.73. The summed E-state index contributed by atoms with van der Waals surface area (Å²) in [5.41, 5.74) is 1.13. The zero-order valence-electron chi connectivity index (χ0n) is 8.14. The van der Waals surface area contributed by atoms with Crippen molar-refractivity contribution >= 4 is 21.6 Å². The van der Waals surface area contributed by atoms with Crippen LogP contribution in [-0.2, 0) is 6.54 Å². The van der Waals surface area contributed by atoms with Crippen LogP contribution in [0.2, 0.25) is 0 Å². The van der Waals surface area contributed by atoms with E-state index < -0.39 is 0 Å². The number of H-pyrrole nitrogens is 1. The molecule has 0 fully saturated rings. The maximum atomic E-state index is 11.2. The van der Waals surface area contributed by atoms with Gasteiger partial charge in [-0.3, -0.25) is 4.79 Å². The van der Waals surface area contributed by atoms with Gasteiger partial charge < -0.3 is 5.32 Å². The Balaban J connectivity index is 2.11. The van der Waals surface area contributed by atoms with Crippen molar-refractivity contribution < 1.29 is 0 Å². The molecular weight excluding hydrogens is 274 g/mol. The Labute approximate surface area is 99.2 Å². The molecule has 2 aromatic rings. The fourth-order valence-electron chi connectivity index (χ4n) is 1.12. The molecule has 0 amide bonds. The van der Waals surface area contributed by atoms with Crippen LogP contribution in [0.3, 0.4) is 0 Å². The maximum absolute atomic E-state index is 11.2. The Hall–Kier alpha value is -1.76. The summed E-state index contributed by atoms with van der Waals surface area (Å²) >= 11 is 3.17. The fraction of sp³-hybridized carbons (Fsp3) is 0.111. The number of nitrogens with one attached hydrogen (secondary N) is 2. The van der Waals surface area contributed by atoms with Crippen LogP contribution >= 0.6 is 15.9 Å². The van der Waals surface area contributed by atoms with Crippen LogP contribution in [0.25, 0.3) is 0 Å². The average molecular weight is 282 g/mol. The van der Waals surface area contributed by atoms with E-state index in [1.54, 1.807) is 12.3 Å². The Morgan fingerprint density at radius 1 is 1.50 bits per heavy atom. The molecule has 0 saturated carbocycles. The first-order valence-corrected chi connectivity index (χ1v) is 5.30. The van der Waals surface area contributed by atoms with Crippen LogP contribution in [0.4, 0.5) is 5.69 Å². The molecule has 0 aliphatic carbocycles. The van der Waals surface area contributed by atoms with Gasteiger partial charge in [0.25, 0.3) is 5.56 Å². The van der Waals surface area contributed by atoms with Gasteiger partial charge in [0.05, 0.1) is 24.1 Å². The lowest BCUT2D eigenvalue weighted by atomic mass is 10.3. The topological polar surface area (TPSA) is 83.6 Å². The van der Waals surface area contributed by atoms with E-state index in [-0.39, 0.29) is 5.56 Å². The summed E-state index contributed by atoms with van der Waals surface area (Å²) in [7, 11) is 0. The van der Waals surface area contributed by atoms with E-state index in [9.17, 15) is 4.79 Å². The van der Waals surface area contributed by atoms with Gasteiger partial charge in [0, 0.05) is 6.20 Å². The van der Waals surface area contributed by atoms with E-state index in [2.05, 4.69) is 41.6 Å². The molecule has 2 aromatic heterocycles. The van der Waals surface area contributed by atoms with Crippen molar-refractivity contribution in [2.24, 2.45) is 0 Å². The number of halogens is 1. The highest BCUT2D eigenvalue weighted by molar-refractivity contribution is 9.10. The summed E-state index contributed by atoms with van der Waals surface area (Å²) in [5, 5.41) is 16.7. The molecule has 6 nitrogen and oxygen atoms in total. The molecule has 0 saturated heterocycles. The minimum atomic E-state index is -0.274. The Morgan fingerprint density at radius 2 is 2.38 bits per heavy atom. The quantitative estimate of drug-likeness (QED) is 0.875. The molecular formula is C9H8BrN5O. The van der Waals surface area contributed by atoms with E-state index in [0.717, 1.165) is 5.69 Å². The third kappa shape index (κ3) is 2.43. The maximum Gasteiger partial charge on any atom is 0.280 e. The molecule has 0 unspecified atom stereocenters. The van der Waals surface area contributed by atoms with E-state index >= 15 is 0 Å². The lowest BCUT2D eigenvalue weighted by Crippen LogP contribution is -2.12. The van der Waals surface area contributed by atoms with Crippen LogP contribution < -0.4 is 10.9 Å². The number of hydrogen-bond acceptors (Lipinski definition) is 5. The second kappa shape index (κ2) is 4.84. The van der Waals surface area contributed by atoms with Gasteiger partial charge in [-0.15, -0.1) is 0 Å². The molecule has 0 aliphatic rings. The Kier molecular flexibility index (Phi) is 3.25. The molecule has 16 heavy (non-hydrogen) atoms. The number of aromatic nitrogens is 4. The highest BCUT2D eigenvalue weighted by atomic mass is 79.9. The SMILES string of the molecule is O=c1[nH]ncc(NCc2cccnn2)c1Br. The van der Waals surface area contributed by atoms with E-state index in [1.807, 2.05) is 6.07 Å². The summed E-state index contributed by atoms with van der Waals surface area (Å²) in [5.74, 6) is 0. The fourth-order valence-corrected chi connectivity index (χ4v) is 1.45. The van der Waals surface area contributed by atoms with Gasteiger partial charge in [-0.2, -0.15) is 15.3 Å². The lowest BCUT2D eigenvalue weighted by Gasteiger charge is -2.05. The van der Waals surface area contributed by atoms with Crippen LogP contribution in [0.5, 0.6) is 0 Å². The molecule has 0 radical (unpaired) electrons. The molecule has 2 rings (SSSR count). The van der Waals surface area contributed by atoms with E-state index in [4.69, 9.17) is 0 Å². The summed E-state index contributed by atoms with van der Waals surface area (Å²) in [6, 6.07) is 3.64. The first-order chi connectivity index (χ1) is 7.77. The van der Waals surface area contributed by atoms with Gasteiger partial charge in [-0.05, 0) is 28.1 Å². The van der Waals surface area contributed by atoms with Crippen molar-refractivity contribution in [3.63, 3.8) is 0 Å². The second-order valence-electron chi connectivity index (χ2n) is 3.00. The van der Waals surface area contributed by atoms with Crippen molar-refractivity contribution in [1.29, 1.82) is 0 Å². The molecule has 2 heterocycles. The number of anilines is 1. The smallest absolute Gasteiger partial charge is 0.280 e. The normalized spacial score (nSPS) is 10.1. The minimum absolute atomic E-state index is 0.274. The Morgan fingerprint density at radius 3 is 3.12 bits per heavy atom. The third-order valence-electron chi connectivity index (χ3n) is 1.88. The minimum Gasteiger partial charge on any atom is -0.377 e. The summed E-state index contributed by atoms with van der Waals surface area (Å²) < 4.78 is 0.423. The van der Waals surface area contributed by atoms with Crippen molar-refractivity contribution in [2.75, 3.05) is 5.32 Å². The molecule has 0 atom stereocenters. The van der Waals surface area contributed by atoms with Gasteiger partial charge in [0.2, 0.25) is 0 Å². The third-order valence-corrected chi connectivity index (χ3v) is 2.67. The zero-order chi connectivity index (χ0) is 11.4. The van der Waals surface area contributed by atoms with Crippen molar-refractivity contribution in [3.05, 3.63) is 45.0 Å². The standard InChI is InChI=1S/C9H8BrN5O/c10-8-7(5-13-15-9(8)16)11-4-6-2-1-3-12-14-6/h1-3,5H,4H2,(H2,11,15,16). The molecule has 0 aromatic carbocycles. The van der Waals surface area contributed by atoms with Gasteiger partial charge in [0.15, 0.2) is 0 Å². The van der Waals surface area contributed by atoms with Crippen molar-refractivity contribution in [3.8, 4) is 0 Å². The summed E-state index contributed by atoms with van der Waals surface area (Å²) in [6.45, 7) is 0.484. The average Bonchev–Trinajstić information content (AvgIpc) is 2.32. The Bertz CT molecular complexity index is 527. The highest BCUT2D eigenvalue weighted by Gasteiger charge is 2.03. The molecule has 2 N–H and O–H groups in total. The molecule has 7 heteroatoms. The van der Waals surface area contributed by atoms with Crippen LogP contribution in [0.1, 0.15) is 5.69 Å². The monoisotopic (exact) mass is 281 g/mol. The van der Waals surface area contributed by atoms with E-state index in [0.29, 0.717) is 16.7 Å². The number of nitrogens with zero attached hydrogens (tertiary/aromatic N) is 3. The van der Waals surface area contributed by atoms with E-state index in [1.165, 1.54) is 6.20 Å².